The van der Waals surface area contributed by atoms with Gasteiger partial charge in [0.25, 0.3) is 5.91 Å². The third kappa shape index (κ3) is 5.16. The van der Waals surface area contributed by atoms with Crippen LogP contribution in [0.2, 0.25) is 0 Å². The van der Waals surface area contributed by atoms with Gasteiger partial charge in [0.05, 0.1) is 7.11 Å². The summed E-state index contributed by atoms with van der Waals surface area (Å²) in [5.41, 5.74) is 3.65. The number of aryl methyl sites for hydroxylation is 2. The fraction of sp³-hybridized carbons (Fsp3) is 0.263. The maximum atomic E-state index is 12.6. The molecule has 132 valence electrons. The summed E-state index contributed by atoms with van der Waals surface area (Å²) >= 11 is 6.72. The number of amides is 1. The van der Waals surface area contributed by atoms with Crippen molar-refractivity contribution in [1.29, 1.82) is 0 Å². The molecule has 2 aromatic rings. The Morgan fingerprint density at radius 1 is 1.08 bits per heavy atom. The highest BCUT2D eigenvalue weighted by atomic mass is 79.9. The van der Waals surface area contributed by atoms with Gasteiger partial charge in [-0.15, -0.1) is 0 Å². The molecule has 0 aliphatic carbocycles. The lowest BCUT2D eigenvalue weighted by Crippen LogP contribution is -2.43. The minimum atomic E-state index is -0.755. The zero-order valence-electron chi connectivity index (χ0n) is 14.2. The predicted molar refractivity (Wildman–Crippen MR) is 105 cm³/mol. The van der Waals surface area contributed by atoms with E-state index >= 15 is 0 Å². The SMILES string of the molecule is COC(=O)[C@@H](Cc1c(C)cccc1C)NC(=O)c1cc(Br)cc(Br)c1. The van der Waals surface area contributed by atoms with Crippen LogP contribution in [0.3, 0.4) is 0 Å². The zero-order valence-corrected chi connectivity index (χ0v) is 17.4. The van der Waals surface area contributed by atoms with E-state index in [1.807, 2.05) is 38.1 Å². The van der Waals surface area contributed by atoms with Crippen LogP contribution in [0.4, 0.5) is 0 Å². The molecule has 0 saturated carbocycles. The molecule has 0 bridgehead atoms. The number of nitrogens with one attached hydrogen (secondary N) is 1. The van der Waals surface area contributed by atoms with Gasteiger partial charge in [0.15, 0.2) is 0 Å². The number of esters is 1. The molecular weight excluding hydrogens is 450 g/mol. The molecule has 0 unspecified atom stereocenters. The number of methoxy groups -OCH3 is 1. The van der Waals surface area contributed by atoms with Crippen molar-refractivity contribution < 1.29 is 14.3 Å². The van der Waals surface area contributed by atoms with E-state index in [2.05, 4.69) is 37.2 Å². The molecule has 4 nitrogen and oxygen atoms in total. The second-order valence-corrected chi connectivity index (χ2v) is 7.61. The largest absolute Gasteiger partial charge is 0.467 e. The van der Waals surface area contributed by atoms with Crippen LogP contribution in [-0.2, 0) is 16.0 Å². The number of hydrogen-bond acceptors (Lipinski definition) is 3. The maximum Gasteiger partial charge on any atom is 0.328 e. The lowest BCUT2D eigenvalue weighted by Gasteiger charge is -2.19. The molecular formula is C19H19Br2NO3. The van der Waals surface area contributed by atoms with Gasteiger partial charge in [-0.1, -0.05) is 50.1 Å². The van der Waals surface area contributed by atoms with E-state index in [1.54, 1.807) is 12.1 Å². The fourth-order valence-electron chi connectivity index (χ4n) is 2.64. The van der Waals surface area contributed by atoms with Gasteiger partial charge >= 0.3 is 5.97 Å². The normalized spacial score (nSPS) is 11.7. The molecule has 0 aliphatic rings. The molecule has 0 heterocycles. The number of ether oxygens (including phenoxy) is 1. The minimum absolute atomic E-state index is 0.330. The van der Waals surface area contributed by atoms with Crippen molar-refractivity contribution in [3.8, 4) is 0 Å². The molecule has 0 spiro atoms. The molecule has 1 atom stereocenters. The highest BCUT2D eigenvalue weighted by Crippen LogP contribution is 2.21. The van der Waals surface area contributed by atoms with Crippen molar-refractivity contribution in [3.63, 3.8) is 0 Å². The van der Waals surface area contributed by atoms with E-state index in [0.29, 0.717) is 12.0 Å². The molecule has 0 radical (unpaired) electrons. The van der Waals surface area contributed by atoms with E-state index < -0.39 is 12.0 Å². The molecule has 0 saturated heterocycles. The Kier molecular flexibility index (Phi) is 6.79. The van der Waals surface area contributed by atoms with Gasteiger partial charge < -0.3 is 10.1 Å². The summed E-state index contributed by atoms with van der Waals surface area (Å²) < 4.78 is 6.43. The third-order valence-electron chi connectivity index (χ3n) is 3.97. The Bertz CT molecular complexity index is 765. The Balaban J connectivity index is 2.26. The third-order valence-corrected chi connectivity index (χ3v) is 4.88. The Morgan fingerprint density at radius 2 is 1.64 bits per heavy atom. The van der Waals surface area contributed by atoms with Gasteiger partial charge in [0.1, 0.15) is 6.04 Å². The van der Waals surface area contributed by atoms with Crippen molar-refractivity contribution in [2.75, 3.05) is 7.11 Å². The van der Waals surface area contributed by atoms with Crippen molar-refractivity contribution in [2.45, 2.75) is 26.3 Å². The van der Waals surface area contributed by atoms with E-state index in [4.69, 9.17) is 4.74 Å². The highest BCUT2D eigenvalue weighted by Gasteiger charge is 2.24. The molecule has 25 heavy (non-hydrogen) atoms. The average molecular weight is 469 g/mol. The van der Waals surface area contributed by atoms with Crippen LogP contribution in [0.5, 0.6) is 0 Å². The van der Waals surface area contributed by atoms with Crippen LogP contribution in [-0.4, -0.2) is 25.0 Å². The van der Waals surface area contributed by atoms with Crippen LogP contribution >= 0.6 is 31.9 Å². The van der Waals surface area contributed by atoms with Crippen molar-refractivity contribution in [3.05, 3.63) is 67.6 Å². The monoisotopic (exact) mass is 467 g/mol. The van der Waals surface area contributed by atoms with E-state index in [1.165, 1.54) is 7.11 Å². The molecule has 0 fully saturated rings. The Labute approximate surface area is 164 Å². The van der Waals surface area contributed by atoms with Crippen LogP contribution in [0, 0.1) is 13.8 Å². The summed E-state index contributed by atoms with van der Waals surface area (Å²) in [6, 6.07) is 10.4. The molecule has 2 aromatic carbocycles. The number of rotatable bonds is 5. The van der Waals surface area contributed by atoms with Gasteiger partial charge in [-0.3, -0.25) is 4.79 Å². The number of hydrogen-bond donors (Lipinski definition) is 1. The molecule has 6 heteroatoms. The van der Waals surface area contributed by atoms with Crippen LogP contribution in [0.15, 0.2) is 45.3 Å². The number of carbonyl (C=O) groups excluding carboxylic acids is 2. The van der Waals surface area contributed by atoms with Crippen LogP contribution < -0.4 is 5.32 Å². The standard InChI is InChI=1S/C19H19Br2NO3/c1-11-5-4-6-12(2)16(11)10-17(19(24)25-3)22-18(23)13-7-14(20)9-15(21)8-13/h4-9,17H,10H2,1-3H3,(H,22,23)/t17-/m1/s1. The smallest absolute Gasteiger partial charge is 0.328 e. The van der Waals surface area contributed by atoms with E-state index in [-0.39, 0.29) is 5.91 Å². The molecule has 1 N–H and O–H groups in total. The lowest BCUT2D eigenvalue weighted by atomic mass is 9.96. The molecule has 1 amide bonds. The van der Waals surface area contributed by atoms with Crippen LogP contribution in [0.25, 0.3) is 0 Å². The average Bonchev–Trinajstić information content (AvgIpc) is 2.55. The second-order valence-electron chi connectivity index (χ2n) is 5.78. The van der Waals surface area contributed by atoms with Crippen LogP contribution in [0.1, 0.15) is 27.0 Å². The van der Waals surface area contributed by atoms with Crippen molar-refractivity contribution in [1.82, 2.24) is 5.32 Å². The lowest BCUT2D eigenvalue weighted by molar-refractivity contribution is -0.142. The summed E-state index contributed by atoms with van der Waals surface area (Å²) in [6.45, 7) is 3.98. The predicted octanol–water partition coefficient (Wildman–Crippen LogP) is 4.34. The number of halogens is 2. The first kappa shape index (κ1) is 19.7. The first-order chi connectivity index (χ1) is 11.8. The minimum Gasteiger partial charge on any atom is -0.467 e. The van der Waals surface area contributed by atoms with Gasteiger partial charge in [-0.05, 0) is 48.7 Å². The number of carbonyl (C=O) groups is 2. The van der Waals surface area contributed by atoms with Gasteiger partial charge in [-0.2, -0.15) is 0 Å². The Morgan fingerprint density at radius 3 is 2.16 bits per heavy atom. The summed E-state index contributed by atoms with van der Waals surface area (Å²) in [5, 5.41) is 2.79. The number of benzene rings is 2. The molecule has 0 aromatic heterocycles. The van der Waals surface area contributed by atoms with E-state index in [9.17, 15) is 9.59 Å². The van der Waals surface area contributed by atoms with Crippen molar-refractivity contribution in [2.24, 2.45) is 0 Å². The topological polar surface area (TPSA) is 55.4 Å². The fourth-order valence-corrected chi connectivity index (χ4v) is 3.93. The quantitative estimate of drug-likeness (QED) is 0.664. The Hall–Kier alpha value is -1.66. The summed E-state index contributed by atoms with van der Waals surface area (Å²) in [5.74, 6) is -0.797. The zero-order chi connectivity index (χ0) is 18.6. The van der Waals surface area contributed by atoms with Crippen molar-refractivity contribution >= 4 is 43.7 Å². The van der Waals surface area contributed by atoms with E-state index in [0.717, 1.165) is 25.6 Å². The summed E-state index contributed by atoms with van der Waals surface area (Å²) in [4.78, 5) is 24.8. The summed E-state index contributed by atoms with van der Waals surface area (Å²) in [6.07, 6.45) is 0.381. The second kappa shape index (κ2) is 8.63. The first-order valence-corrected chi connectivity index (χ1v) is 9.30. The molecule has 0 aliphatic heterocycles. The van der Waals surface area contributed by atoms with Gasteiger partial charge in [-0.25, -0.2) is 4.79 Å². The van der Waals surface area contributed by atoms with Gasteiger partial charge in [0, 0.05) is 20.9 Å². The highest BCUT2D eigenvalue weighted by molar-refractivity contribution is 9.11. The van der Waals surface area contributed by atoms with Gasteiger partial charge in [0.2, 0.25) is 0 Å². The maximum absolute atomic E-state index is 12.6. The first-order valence-electron chi connectivity index (χ1n) is 7.71. The molecule has 2 rings (SSSR count). The summed E-state index contributed by atoms with van der Waals surface area (Å²) in [7, 11) is 1.32.